The van der Waals surface area contributed by atoms with Crippen LogP contribution in [0, 0.1) is 13.8 Å². The van der Waals surface area contributed by atoms with E-state index in [0.29, 0.717) is 6.42 Å². The van der Waals surface area contributed by atoms with Crippen molar-refractivity contribution in [2.24, 2.45) is 0 Å². The Morgan fingerprint density at radius 3 is 2.24 bits per heavy atom. The van der Waals surface area contributed by atoms with Crippen LogP contribution in [0.4, 0.5) is 0 Å². The van der Waals surface area contributed by atoms with E-state index < -0.39 is 6.10 Å². The van der Waals surface area contributed by atoms with Gasteiger partial charge in [0.05, 0.1) is 11.7 Å². The molecule has 2 nitrogen and oxygen atoms in total. The fourth-order valence-corrected chi connectivity index (χ4v) is 2.74. The standard InChI is InChI=1S/C15H22O2/c1-11-7-12(2)9-13(8-11)14(16)10-15(17-3)5-4-6-15/h7-9,14,16H,4-6,10H2,1-3H3. The average Bonchev–Trinajstić information content (AvgIpc) is 2.21. The van der Waals surface area contributed by atoms with E-state index in [-0.39, 0.29) is 5.60 Å². The van der Waals surface area contributed by atoms with Gasteiger partial charge in [0.2, 0.25) is 0 Å². The molecule has 1 aliphatic carbocycles. The summed E-state index contributed by atoms with van der Waals surface area (Å²) < 4.78 is 5.57. The van der Waals surface area contributed by atoms with Crippen molar-refractivity contribution >= 4 is 0 Å². The molecule has 17 heavy (non-hydrogen) atoms. The summed E-state index contributed by atoms with van der Waals surface area (Å²) in [6.45, 7) is 4.14. The second kappa shape index (κ2) is 4.79. The molecule has 0 aromatic heterocycles. The summed E-state index contributed by atoms with van der Waals surface area (Å²) >= 11 is 0. The van der Waals surface area contributed by atoms with Crippen LogP contribution in [0.1, 0.15) is 48.5 Å². The smallest absolute Gasteiger partial charge is 0.0817 e. The molecule has 2 rings (SSSR count). The van der Waals surface area contributed by atoms with Gasteiger partial charge in [-0.15, -0.1) is 0 Å². The van der Waals surface area contributed by atoms with Crippen molar-refractivity contribution in [3.05, 3.63) is 34.9 Å². The second-order valence-corrected chi connectivity index (χ2v) is 5.38. The van der Waals surface area contributed by atoms with Crippen molar-refractivity contribution in [1.82, 2.24) is 0 Å². The zero-order valence-corrected chi connectivity index (χ0v) is 11.0. The molecule has 1 aromatic carbocycles. The van der Waals surface area contributed by atoms with Crippen LogP contribution < -0.4 is 0 Å². The van der Waals surface area contributed by atoms with Crippen LogP contribution in [0.25, 0.3) is 0 Å². The summed E-state index contributed by atoms with van der Waals surface area (Å²) in [4.78, 5) is 0. The summed E-state index contributed by atoms with van der Waals surface area (Å²) in [6, 6.07) is 6.27. The van der Waals surface area contributed by atoms with Gasteiger partial charge in [-0.3, -0.25) is 0 Å². The SMILES string of the molecule is COC1(CC(O)c2cc(C)cc(C)c2)CCC1. The molecule has 0 amide bonds. The van der Waals surface area contributed by atoms with E-state index in [1.165, 1.54) is 17.5 Å². The van der Waals surface area contributed by atoms with Crippen molar-refractivity contribution in [2.75, 3.05) is 7.11 Å². The average molecular weight is 234 g/mol. The first kappa shape index (κ1) is 12.6. The Hall–Kier alpha value is -0.860. The Bertz CT molecular complexity index is 368. The van der Waals surface area contributed by atoms with Gasteiger partial charge < -0.3 is 9.84 Å². The van der Waals surface area contributed by atoms with E-state index in [1.807, 2.05) is 0 Å². The van der Waals surface area contributed by atoms with Crippen LogP contribution >= 0.6 is 0 Å². The summed E-state index contributed by atoms with van der Waals surface area (Å²) in [5.41, 5.74) is 3.36. The van der Waals surface area contributed by atoms with Crippen LogP contribution in [0.5, 0.6) is 0 Å². The zero-order valence-electron chi connectivity index (χ0n) is 11.0. The predicted octanol–water partition coefficient (Wildman–Crippen LogP) is 3.30. The van der Waals surface area contributed by atoms with Crippen molar-refractivity contribution < 1.29 is 9.84 Å². The third-order valence-corrected chi connectivity index (χ3v) is 3.89. The van der Waals surface area contributed by atoms with E-state index in [1.54, 1.807) is 7.11 Å². The molecular weight excluding hydrogens is 212 g/mol. The lowest BCUT2D eigenvalue weighted by molar-refractivity contribution is -0.0999. The molecule has 1 fully saturated rings. The van der Waals surface area contributed by atoms with E-state index in [0.717, 1.165) is 18.4 Å². The molecule has 0 bridgehead atoms. The lowest BCUT2D eigenvalue weighted by Gasteiger charge is -2.42. The highest BCUT2D eigenvalue weighted by atomic mass is 16.5. The van der Waals surface area contributed by atoms with Crippen molar-refractivity contribution in [3.63, 3.8) is 0 Å². The summed E-state index contributed by atoms with van der Waals surface area (Å²) in [7, 11) is 1.76. The topological polar surface area (TPSA) is 29.5 Å². The molecule has 0 saturated heterocycles. The number of aliphatic hydroxyl groups is 1. The number of benzene rings is 1. The van der Waals surface area contributed by atoms with Gasteiger partial charge in [-0.2, -0.15) is 0 Å². The molecule has 0 spiro atoms. The minimum atomic E-state index is -0.408. The summed E-state index contributed by atoms with van der Waals surface area (Å²) in [5, 5.41) is 10.3. The Labute approximate surface area is 104 Å². The maximum Gasteiger partial charge on any atom is 0.0817 e. The molecule has 0 heterocycles. The van der Waals surface area contributed by atoms with Crippen LogP contribution in [-0.2, 0) is 4.74 Å². The molecule has 1 atom stereocenters. The maximum absolute atomic E-state index is 10.3. The van der Waals surface area contributed by atoms with E-state index in [4.69, 9.17) is 4.74 Å². The van der Waals surface area contributed by atoms with Gasteiger partial charge in [0, 0.05) is 13.5 Å². The van der Waals surface area contributed by atoms with Gasteiger partial charge in [-0.25, -0.2) is 0 Å². The van der Waals surface area contributed by atoms with Gasteiger partial charge in [-0.1, -0.05) is 29.3 Å². The van der Waals surface area contributed by atoms with Crippen molar-refractivity contribution in [3.8, 4) is 0 Å². The first-order valence-electron chi connectivity index (χ1n) is 6.36. The number of hydrogen-bond acceptors (Lipinski definition) is 2. The minimum Gasteiger partial charge on any atom is -0.388 e. The highest BCUT2D eigenvalue weighted by Gasteiger charge is 2.38. The van der Waals surface area contributed by atoms with Crippen LogP contribution in [0.3, 0.4) is 0 Å². The molecule has 1 N–H and O–H groups in total. The van der Waals surface area contributed by atoms with Crippen molar-refractivity contribution in [2.45, 2.75) is 51.2 Å². The number of aliphatic hydroxyl groups excluding tert-OH is 1. The quantitative estimate of drug-likeness (QED) is 0.866. The highest BCUT2D eigenvalue weighted by molar-refractivity contribution is 5.30. The largest absolute Gasteiger partial charge is 0.388 e. The molecule has 94 valence electrons. The molecule has 0 radical (unpaired) electrons. The molecule has 2 heteroatoms. The van der Waals surface area contributed by atoms with E-state index in [2.05, 4.69) is 32.0 Å². The molecule has 1 unspecified atom stereocenters. The lowest BCUT2D eigenvalue weighted by Crippen LogP contribution is -2.40. The number of rotatable bonds is 4. The second-order valence-electron chi connectivity index (χ2n) is 5.38. The number of methoxy groups -OCH3 is 1. The molecule has 1 saturated carbocycles. The van der Waals surface area contributed by atoms with Crippen molar-refractivity contribution in [1.29, 1.82) is 0 Å². The third-order valence-electron chi connectivity index (χ3n) is 3.89. The molecule has 1 aromatic rings. The normalized spacial score (nSPS) is 19.8. The van der Waals surface area contributed by atoms with Gasteiger partial charge >= 0.3 is 0 Å². The number of hydrogen-bond donors (Lipinski definition) is 1. The first-order valence-corrected chi connectivity index (χ1v) is 6.36. The van der Waals surface area contributed by atoms with E-state index >= 15 is 0 Å². The van der Waals surface area contributed by atoms with Gasteiger partial charge in [0.15, 0.2) is 0 Å². The van der Waals surface area contributed by atoms with Crippen LogP contribution in [0.15, 0.2) is 18.2 Å². The fraction of sp³-hybridized carbons (Fsp3) is 0.600. The lowest BCUT2D eigenvalue weighted by atomic mass is 9.75. The summed E-state index contributed by atoms with van der Waals surface area (Å²) in [5.74, 6) is 0. The Balaban J connectivity index is 2.11. The fourth-order valence-electron chi connectivity index (χ4n) is 2.74. The van der Waals surface area contributed by atoms with E-state index in [9.17, 15) is 5.11 Å². The predicted molar refractivity (Wildman–Crippen MR) is 69.1 cm³/mol. The van der Waals surface area contributed by atoms with Crippen LogP contribution in [-0.4, -0.2) is 17.8 Å². The Kier molecular flexibility index (Phi) is 3.55. The highest BCUT2D eigenvalue weighted by Crippen LogP contribution is 2.41. The summed E-state index contributed by atoms with van der Waals surface area (Å²) in [6.07, 6.45) is 3.67. The molecular formula is C15H22O2. The number of aryl methyl sites for hydroxylation is 2. The number of ether oxygens (including phenoxy) is 1. The minimum absolute atomic E-state index is 0.0724. The molecule has 0 aliphatic heterocycles. The van der Waals surface area contributed by atoms with Gasteiger partial charge in [0.1, 0.15) is 0 Å². The third kappa shape index (κ3) is 2.70. The Morgan fingerprint density at radius 1 is 1.24 bits per heavy atom. The monoisotopic (exact) mass is 234 g/mol. The van der Waals surface area contributed by atoms with Crippen LogP contribution in [0.2, 0.25) is 0 Å². The van der Waals surface area contributed by atoms with Gasteiger partial charge in [0.25, 0.3) is 0 Å². The maximum atomic E-state index is 10.3. The van der Waals surface area contributed by atoms with Gasteiger partial charge in [-0.05, 0) is 38.7 Å². The zero-order chi connectivity index (χ0) is 12.5. The Morgan fingerprint density at radius 2 is 1.82 bits per heavy atom. The molecule has 1 aliphatic rings. The first-order chi connectivity index (χ1) is 8.04.